The molecular formula is C16H17N5OS. The molecule has 6 nitrogen and oxygen atoms in total. The molecule has 3 heterocycles. The molecule has 0 unspecified atom stereocenters. The average Bonchev–Trinajstić information content (AvgIpc) is 3.27. The quantitative estimate of drug-likeness (QED) is 0.580. The molecule has 0 aromatic carbocycles. The molecule has 0 saturated heterocycles. The molecule has 0 atom stereocenters. The standard InChI is InChI=1S/C16H17N5OS/c22-16(14-4-2-8-23-14)19-7-6-18-10-13-11-20-21-15(13)12-3-1-5-17-9-12/h1-5,8-9,11,18H,6-7,10H2,(H,19,22)(H,20,21). The number of nitrogens with zero attached hydrogens (tertiary/aromatic N) is 2. The summed E-state index contributed by atoms with van der Waals surface area (Å²) in [7, 11) is 0. The molecule has 0 aliphatic rings. The Morgan fingerprint density at radius 3 is 2.96 bits per heavy atom. The van der Waals surface area contributed by atoms with Gasteiger partial charge in [-0.1, -0.05) is 6.07 Å². The fourth-order valence-corrected chi connectivity index (χ4v) is 2.83. The number of thiophene rings is 1. The van der Waals surface area contributed by atoms with Gasteiger partial charge in [0.15, 0.2) is 0 Å². The van der Waals surface area contributed by atoms with E-state index in [1.165, 1.54) is 11.3 Å². The third-order valence-electron chi connectivity index (χ3n) is 3.32. The van der Waals surface area contributed by atoms with Crippen LogP contribution >= 0.6 is 11.3 Å². The monoisotopic (exact) mass is 327 g/mol. The van der Waals surface area contributed by atoms with Crippen LogP contribution in [0.2, 0.25) is 0 Å². The van der Waals surface area contributed by atoms with Gasteiger partial charge in [-0.05, 0) is 23.6 Å². The van der Waals surface area contributed by atoms with E-state index in [4.69, 9.17) is 0 Å². The van der Waals surface area contributed by atoms with E-state index in [1.807, 2.05) is 29.6 Å². The van der Waals surface area contributed by atoms with Crippen molar-refractivity contribution < 1.29 is 4.79 Å². The lowest BCUT2D eigenvalue weighted by atomic mass is 10.1. The summed E-state index contributed by atoms with van der Waals surface area (Å²) in [5, 5.41) is 15.2. The highest BCUT2D eigenvalue weighted by atomic mass is 32.1. The Morgan fingerprint density at radius 2 is 2.17 bits per heavy atom. The van der Waals surface area contributed by atoms with E-state index in [-0.39, 0.29) is 5.91 Å². The Kier molecular flexibility index (Phi) is 5.13. The van der Waals surface area contributed by atoms with Gasteiger partial charge in [0.05, 0.1) is 16.8 Å². The molecule has 3 rings (SSSR count). The van der Waals surface area contributed by atoms with Crippen LogP contribution < -0.4 is 10.6 Å². The van der Waals surface area contributed by atoms with Crippen molar-refractivity contribution in [2.45, 2.75) is 6.54 Å². The van der Waals surface area contributed by atoms with Crippen LogP contribution in [0, 0.1) is 0 Å². The van der Waals surface area contributed by atoms with Crippen molar-refractivity contribution in [3.8, 4) is 11.3 Å². The molecule has 23 heavy (non-hydrogen) atoms. The zero-order chi connectivity index (χ0) is 15.9. The number of H-pyrrole nitrogens is 1. The van der Waals surface area contributed by atoms with Gasteiger partial charge in [-0.3, -0.25) is 14.9 Å². The number of aromatic amines is 1. The van der Waals surface area contributed by atoms with Gasteiger partial charge in [0.1, 0.15) is 0 Å². The number of hydrogen-bond acceptors (Lipinski definition) is 5. The maximum Gasteiger partial charge on any atom is 0.261 e. The van der Waals surface area contributed by atoms with Crippen LogP contribution in [0.3, 0.4) is 0 Å². The number of aromatic nitrogens is 3. The molecule has 1 amide bonds. The van der Waals surface area contributed by atoms with E-state index in [9.17, 15) is 4.79 Å². The lowest BCUT2D eigenvalue weighted by molar-refractivity contribution is 0.0958. The highest BCUT2D eigenvalue weighted by molar-refractivity contribution is 7.12. The van der Waals surface area contributed by atoms with Crippen molar-refractivity contribution in [1.82, 2.24) is 25.8 Å². The third-order valence-corrected chi connectivity index (χ3v) is 4.18. The van der Waals surface area contributed by atoms with Gasteiger partial charge in [0, 0.05) is 43.2 Å². The van der Waals surface area contributed by atoms with E-state index < -0.39 is 0 Å². The second-order valence-electron chi connectivity index (χ2n) is 4.92. The SMILES string of the molecule is O=C(NCCNCc1cn[nH]c1-c1cccnc1)c1cccs1. The molecule has 0 saturated carbocycles. The lowest BCUT2D eigenvalue weighted by Crippen LogP contribution is -2.31. The molecule has 3 N–H and O–H groups in total. The molecule has 0 radical (unpaired) electrons. The van der Waals surface area contributed by atoms with Crippen LogP contribution in [0.1, 0.15) is 15.2 Å². The Labute approximate surface area is 138 Å². The molecule has 0 spiro atoms. The number of amides is 1. The smallest absolute Gasteiger partial charge is 0.261 e. The zero-order valence-electron chi connectivity index (χ0n) is 12.5. The largest absolute Gasteiger partial charge is 0.350 e. The van der Waals surface area contributed by atoms with E-state index in [0.29, 0.717) is 19.6 Å². The van der Waals surface area contributed by atoms with E-state index in [1.54, 1.807) is 18.6 Å². The van der Waals surface area contributed by atoms with E-state index in [0.717, 1.165) is 21.7 Å². The summed E-state index contributed by atoms with van der Waals surface area (Å²) in [6.45, 7) is 1.95. The van der Waals surface area contributed by atoms with Crippen LogP contribution in [-0.4, -0.2) is 34.2 Å². The molecule has 7 heteroatoms. The van der Waals surface area contributed by atoms with Crippen molar-refractivity contribution in [2.24, 2.45) is 0 Å². The van der Waals surface area contributed by atoms with Gasteiger partial charge in [-0.15, -0.1) is 11.3 Å². The summed E-state index contributed by atoms with van der Waals surface area (Å²) in [5.74, 6) is -0.0267. The molecule has 0 bridgehead atoms. The van der Waals surface area contributed by atoms with E-state index >= 15 is 0 Å². The lowest BCUT2D eigenvalue weighted by Gasteiger charge is -2.07. The van der Waals surface area contributed by atoms with Crippen molar-refractivity contribution in [1.29, 1.82) is 0 Å². The molecule has 0 fully saturated rings. The fourth-order valence-electron chi connectivity index (χ4n) is 2.19. The minimum Gasteiger partial charge on any atom is -0.350 e. The summed E-state index contributed by atoms with van der Waals surface area (Å²) in [4.78, 5) is 16.6. The topological polar surface area (TPSA) is 82.7 Å². The minimum atomic E-state index is -0.0267. The second kappa shape index (κ2) is 7.66. The summed E-state index contributed by atoms with van der Waals surface area (Å²) in [5.41, 5.74) is 3.05. The third kappa shape index (κ3) is 4.02. The summed E-state index contributed by atoms with van der Waals surface area (Å²) < 4.78 is 0. The van der Waals surface area contributed by atoms with Gasteiger partial charge >= 0.3 is 0 Å². The Morgan fingerprint density at radius 1 is 1.22 bits per heavy atom. The molecule has 3 aromatic heterocycles. The summed E-state index contributed by atoms with van der Waals surface area (Å²) in [6.07, 6.45) is 5.35. The van der Waals surface area contributed by atoms with Crippen LogP contribution in [0.25, 0.3) is 11.3 Å². The summed E-state index contributed by atoms with van der Waals surface area (Å²) >= 11 is 1.44. The zero-order valence-corrected chi connectivity index (χ0v) is 13.3. The molecule has 0 aliphatic carbocycles. The minimum absolute atomic E-state index is 0.0267. The van der Waals surface area contributed by atoms with Crippen LogP contribution in [0.15, 0.2) is 48.2 Å². The number of carbonyl (C=O) groups excluding carboxylic acids is 1. The first-order chi connectivity index (χ1) is 11.3. The number of nitrogens with one attached hydrogen (secondary N) is 3. The van der Waals surface area contributed by atoms with Crippen LogP contribution in [0.4, 0.5) is 0 Å². The number of hydrogen-bond donors (Lipinski definition) is 3. The first kappa shape index (κ1) is 15.4. The highest BCUT2D eigenvalue weighted by Crippen LogP contribution is 2.19. The van der Waals surface area contributed by atoms with Crippen molar-refractivity contribution in [3.05, 3.63) is 58.7 Å². The molecule has 118 valence electrons. The maximum absolute atomic E-state index is 11.8. The van der Waals surface area contributed by atoms with Crippen molar-refractivity contribution in [2.75, 3.05) is 13.1 Å². The normalized spacial score (nSPS) is 10.6. The van der Waals surface area contributed by atoms with Crippen molar-refractivity contribution in [3.63, 3.8) is 0 Å². The van der Waals surface area contributed by atoms with E-state index in [2.05, 4.69) is 25.8 Å². The maximum atomic E-state index is 11.8. The predicted octanol–water partition coefficient (Wildman–Crippen LogP) is 2.05. The number of rotatable bonds is 7. The van der Waals surface area contributed by atoms with Gasteiger partial charge in [0.2, 0.25) is 0 Å². The number of carbonyl (C=O) groups is 1. The Balaban J connectivity index is 1.45. The second-order valence-corrected chi connectivity index (χ2v) is 5.87. The van der Waals surface area contributed by atoms with Crippen LogP contribution in [-0.2, 0) is 6.54 Å². The fraction of sp³-hybridized carbons (Fsp3) is 0.188. The molecular weight excluding hydrogens is 310 g/mol. The first-order valence-electron chi connectivity index (χ1n) is 7.29. The van der Waals surface area contributed by atoms with Gasteiger partial charge in [-0.25, -0.2) is 0 Å². The average molecular weight is 327 g/mol. The molecule has 3 aromatic rings. The predicted molar refractivity (Wildman–Crippen MR) is 90.2 cm³/mol. The van der Waals surface area contributed by atoms with Gasteiger partial charge in [-0.2, -0.15) is 5.10 Å². The number of pyridine rings is 1. The summed E-state index contributed by atoms with van der Waals surface area (Å²) in [6, 6.07) is 7.58. The first-order valence-corrected chi connectivity index (χ1v) is 8.17. The highest BCUT2D eigenvalue weighted by Gasteiger charge is 2.08. The molecule has 0 aliphatic heterocycles. The van der Waals surface area contributed by atoms with Gasteiger partial charge in [0.25, 0.3) is 5.91 Å². The Hall–Kier alpha value is -2.51. The van der Waals surface area contributed by atoms with Crippen molar-refractivity contribution >= 4 is 17.2 Å². The van der Waals surface area contributed by atoms with Crippen LogP contribution in [0.5, 0.6) is 0 Å². The Bertz CT molecular complexity index is 739. The van der Waals surface area contributed by atoms with Gasteiger partial charge < -0.3 is 10.6 Å².